The molecule has 1 saturated carbocycles. The molecule has 0 radical (unpaired) electrons. The molecule has 1 rings (SSSR count). The fourth-order valence-electron chi connectivity index (χ4n) is 1.73. The number of aliphatic imine (C=N–C) groups is 1. The highest BCUT2D eigenvalue weighted by atomic mass is 16.5. The highest BCUT2D eigenvalue weighted by Crippen LogP contribution is 2.28. The molecule has 0 saturated heterocycles. The molecule has 3 N–H and O–H groups in total. The number of hydrogen-bond acceptors (Lipinski definition) is 3. The molecule has 0 atom stereocenters. The van der Waals surface area contributed by atoms with Crippen molar-refractivity contribution < 1.29 is 9.53 Å². The van der Waals surface area contributed by atoms with Gasteiger partial charge < -0.3 is 20.7 Å². The van der Waals surface area contributed by atoms with Crippen LogP contribution >= 0.6 is 0 Å². The number of hydrogen-bond donors (Lipinski definition) is 3. The Morgan fingerprint density at radius 2 is 2.00 bits per heavy atom. The van der Waals surface area contributed by atoms with Gasteiger partial charge in [0, 0.05) is 25.2 Å². The predicted molar refractivity (Wildman–Crippen MR) is 85.4 cm³/mol. The highest BCUT2D eigenvalue weighted by molar-refractivity contribution is 5.85. The SMILES string of the molecule is CCNC(=NCC(=O)NC(C)(C)C)NCCOCC1CC1. The Morgan fingerprint density at radius 1 is 1.29 bits per heavy atom. The largest absolute Gasteiger partial charge is 0.379 e. The van der Waals surface area contributed by atoms with Crippen LogP contribution in [0, 0.1) is 5.92 Å². The molecule has 0 aliphatic heterocycles. The first-order valence-corrected chi connectivity index (χ1v) is 7.81. The number of amides is 1. The second-order valence-electron chi connectivity index (χ2n) is 6.44. The summed E-state index contributed by atoms with van der Waals surface area (Å²) in [5, 5.41) is 9.17. The summed E-state index contributed by atoms with van der Waals surface area (Å²) < 4.78 is 5.55. The number of nitrogens with zero attached hydrogens (tertiary/aromatic N) is 1. The van der Waals surface area contributed by atoms with Gasteiger partial charge in [0.1, 0.15) is 6.54 Å². The third kappa shape index (κ3) is 10.1. The number of ether oxygens (including phenoxy) is 1. The van der Waals surface area contributed by atoms with E-state index in [-0.39, 0.29) is 18.0 Å². The third-order valence-electron chi connectivity index (χ3n) is 2.83. The molecule has 122 valence electrons. The number of rotatable bonds is 8. The van der Waals surface area contributed by atoms with E-state index in [9.17, 15) is 4.79 Å². The molecule has 0 bridgehead atoms. The van der Waals surface area contributed by atoms with Gasteiger partial charge in [-0.3, -0.25) is 4.79 Å². The molecule has 21 heavy (non-hydrogen) atoms. The van der Waals surface area contributed by atoms with Gasteiger partial charge in [-0.15, -0.1) is 0 Å². The van der Waals surface area contributed by atoms with Crippen molar-refractivity contribution in [2.75, 3.05) is 32.8 Å². The highest BCUT2D eigenvalue weighted by Gasteiger charge is 2.20. The van der Waals surface area contributed by atoms with Crippen LogP contribution in [-0.4, -0.2) is 50.3 Å². The van der Waals surface area contributed by atoms with Gasteiger partial charge in [-0.05, 0) is 46.5 Å². The van der Waals surface area contributed by atoms with E-state index < -0.39 is 0 Å². The second kappa shape index (κ2) is 8.87. The number of carbonyl (C=O) groups excluding carboxylic acids is 1. The molecule has 0 spiro atoms. The van der Waals surface area contributed by atoms with Crippen molar-refractivity contribution >= 4 is 11.9 Å². The van der Waals surface area contributed by atoms with E-state index in [1.165, 1.54) is 12.8 Å². The number of nitrogens with one attached hydrogen (secondary N) is 3. The zero-order chi connectivity index (χ0) is 15.7. The van der Waals surface area contributed by atoms with Crippen LogP contribution in [-0.2, 0) is 9.53 Å². The molecular weight excluding hydrogens is 268 g/mol. The summed E-state index contributed by atoms with van der Waals surface area (Å²) in [5.41, 5.74) is -0.227. The van der Waals surface area contributed by atoms with Gasteiger partial charge in [0.25, 0.3) is 0 Å². The van der Waals surface area contributed by atoms with Crippen LogP contribution in [0.3, 0.4) is 0 Å². The van der Waals surface area contributed by atoms with Crippen molar-refractivity contribution in [2.45, 2.75) is 46.1 Å². The third-order valence-corrected chi connectivity index (χ3v) is 2.83. The summed E-state index contributed by atoms with van der Waals surface area (Å²) in [7, 11) is 0. The minimum atomic E-state index is -0.227. The lowest BCUT2D eigenvalue weighted by molar-refractivity contribution is -0.121. The smallest absolute Gasteiger partial charge is 0.242 e. The second-order valence-corrected chi connectivity index (χ2v) is 6.44. The summed E-state index contributed by atoms with van der Waals surface area (Å²) in [6.45, 7) is 11.0. The summed E-state index contributed by atoms with van der Waals surface area (Å²) in [6, 6.07) is 0. The van der Waals surface area contributed by atoms with Crippen molar-refractivity contribution in [3.8, 4) is 0 Å². The first kappa shape index (κ1) is 17.8. The van der Waals surface area contributed by atoms with E-state index in [2.05, 4.69) is 20.9 Å². The Hall–Kier alpha value is -1.30. The maximum Gasteiger partial charge on any atom is 0.242 e. The predicted octanol–water partition coefficient (Wildman–Crippen LogP) is 0.883. The van der Waals surface area contributed by atoms with E-state index in [1.807, 2.05) is 27.7 Å². The van der Waals surface area contributed by atoms with E-state index >= 15 is 0 Å². The zero-order valence-corrected chi connectivity index (χ0v) is 13.8. The van der Waals surface area contributed by atoms with Crippen molar-refractivity contribution in [3.05, 3.63) is 0 Å². The minimum Gasteiger partial charge on any atom is -0.379 e. The lowest BCUT2D eigenvalue weighted by Gasteiger charge is -2.20. The van der Waals surface area contributed by atoms with Gasteiger partial charge in [-0.2, -0.15) is 0 Å². The molecule has 0 unspecified atom stereocenters. The van der Waals surface area contributed by atoms with Gasteiger partial charge in [0.2, 0.25) is 5.91 Å². The molecular formula is C15H30N4O2. The van der Waals surface area contributed by atoms with Crippen LogP contribution in [0.2, 0.25) is 0 Å². The van der Waals surface area contributed by atoms with Crippen molar-refractivity contribution in [1.29, 1.82) is 0 Å². The average molecular weight is 298 g/mol. The Kier molecular flexibility index (Phi) is 7.50. The summed E-state index contributed by atoms with van der Waals surface area (Å²) in [5.74, 6) is 1.36. The fourth-order valence-corrected chi connectivity index (χ4v) is 1.73. The van der Waals surface area contributed by atoms with Crippen LogP contribution in [0.1, 0.15) is 40.5 Å². The normalized spacial score (nSPS) is 15.7. The molecule has 0 heterocycles. The Bertz CT molecular complexity index is 346. The Balaban J connectivity index is 2.22. The summed E-state index contributed by atoms with van der Waals surface area (Å²) >= 11 is 0. The fraction of sp³-hybridized carbons (Fsp3) is 0.867. The quantitative estimate of drug-likeness (QED) is 0.353. The topological polar surface area (TPSA) is 74.8 Å². The molecule has 1 amide bonds. The average Bonchev–Trinajstić information content (AvgIpc) is 3.17. The Labute approximate surface area is 128 Å². The molecule has 0 aromatic carbocycles. The molecule has 1 fully saturated rings. The lowest BCUT2D eigenvalue weighted by Crippen LogP contribution is -2.43. The van der Waals surface area contributed by atoms with Crippen molar-refractivity contribution in [1.82, 2.24) is 16.0 Å². The zero-order valence-electron chi connectivity index (χ0n) is 13.8. The van der Waals surface area contributed by atoms with Crippen LogP contribution in [0.15, 0.2) is 4.99 Å². The Morgan fingerprint density at radius 3 is 2.57 bits per heavy atom. The van der Waals surface area contributed by atoms with Crippen LogP contribution in [0.4, 0.5) is 0 Å². The van der Waals surface area contributed by atoms with Gasteiger partial charge in [-0.25, -0.2) is 4.99 Å². The van der Waals surface area contributed by atoms with E-state index in [1.54, 1.807) is 0 Å². The van der Waals surface area contributed by atoms with E-state index in [0.29, 0.717) is 19.1 Å². The first-order valence-electron chi connectivity index (χ1n) is 7.81. The lowest BCUT2D eigenvalue weighted by atomic mass is 10.1. The van der Waals surface area contributed by atoms with E-state index in [0.717, 1.165) is 19.1 Å². The molecule has 1 aliphatic rings. The first-order chi connectivity index (χ1) is 9.90. The van der Waals surface area contributed by atoms with Gasteiger partial charge in [0.15, 0.2) is 5.96 Å². The van der Waals surface area contributed by atoms with E-state index in [4.69, 9.17) is 4.74 Å². The summed E-state index contributed by atoms with van der Waals surface area (Å²) in [4.78, 5) is 16.0. The summed E-state index contributed by atoms with van der Waals surface area (Å²) in [6.07, 6.45) is 2.61. The minimum absolute atomic E-state index is 0.0790. The van der Waals surface area contributed by atoms with Crippen LogP contribution in [0.25, 0.3) is 0 Å². The number of carbonyl (C=O) groups is 1. The van der Waals surface area contributed by atoms with Crippen molar-refractivity contribution in [2.24, 2.45) is 10.9 Å². The molecule has 0 aromatic heterocycles. The van der Waals surface area contributed by atoms with Crippen molar-refractivity contribution in [3.63, 3.8) is 0 Å². The van der Waals surface area contributed by atoms with Crippen LogP contribution < -0.4 is 16.0 Å². The standard InChI is InChI=1S/C15H30N4O2/c1-5-16-14(17-8-9-21-11-12-6-7-12)18-10-13(20)19-15(2,3)4/h12H,5-11H2,1-4H3,(H,19,20)(H2,16,17,18). The number of guanidine groups is 1. The maximum atomic E-state index is 11.7. The molecule has 6 nitrogen and oxygen atoms in total. The van der Waals surface area contributed by atoms with Gasteiger partial charge in [-0.1, -0.05) is 0 Å². The molecule has 6 heteroatoms. The molecule has 1 aliphatic carbocycles. The molecule has 0 aromatic rings. The van der Waals surface area contributed by atoms with Gasteiger partial charge in [0.05, 0.1) is 6.61 Å². The van der Waals surface area contributed by atoms with Gasteiger partial charge >= 0.3 is 0 Å². The monoisotopic (exact) mass is 298 g/mol. The maximum absolute atomic E-state index is 11.7. The van der Waals surface area contributed by atoms with Crippen LogP contribution in [0.5, 0.6) is 0 Å².